The minimum absolute atomic E-state index is 0.00456. The van der Waals surface area contributed by atoms with Crippen LogP contribution in [0.25, 0.3) is 0 Å². The summed E-state index contributed by atoms with van der Waals surface area (Å²) in [6.45, 7) is 2.78. The maximum absolute atomic E-state index is 11.8. The van der Waals surface area contributed by atoms with Crippen molar-refractivity contribution in [2.45, 2.75) is 19.9 Å². The molecule has 8 nitrogen and oxygen atoms in total. The van der Waals surface area contributed by atoms with E-state index < -0.39 is 4.92 Å². The first-order valence-corrected chi connectivity index (χ1v) is 6.63. The van der Waals surface area contributed by atoms with Crippen LogP contribution in [0.3, 0.4) is 0 Å². The molecule has 1 aromatic heterocycles. The van der Waals surface area contributed by atoms with Crippen molar-refractivity contribution < 1.29 is 4.92 Å². The molecule has 21 heavy (non-hydrogen) atoms. The number of benzene rings is 1. The second kappa shape index (κ2) is 6.21. The fraction of sp³-hybridized carbons (Fsp3) is 0.385. The van der Waals surface area contributed by atoms with E-state index in [2.05, 4.69) is 10.4 Å². The van der Waals surface area contributed by atoms with Crippen molar-refractivity contribution in [3.05, 3.63) is 50.7 Å². The average Bonchev–Trinajstić information content (AvgIpc) is 2.77. The molecule has 112 valence electrons. The van der Waals surface area contributed by atoms with Gasteiger partial charge in [0.2, 0.25) is 0 Å². The van der Waals surface area contributed by atoms with Gasteiger partial charge < -0.3 is 5.32 Å². The number of para-hydroxylation sites is 1. The first-order chi connectivity index (χ1) is 10.0. The molecule has 0 aliphatic heterocycles. The van der Waals surface area contributed by atoms with E-state index in [1.54, 1.807) is 19.2 Å². The summed E-state index contributed by atoms with van der Waals surface area (Å²) in [5.74, 6) is 0. The van der Waals surface area contributed by atoms with Gasteiger partial charge in [0.05, 0.1) is 11.5 Å². The van der Waals surface area contributed by atoms with Crippen LogP contribution in [0.1, 0.15) is 18.9 Å². The fourth-order valence-corrected chi connectivity index (χ4v) is 2.02. The molecule has 0 unspecified atom stereocenters. The van der Waals surface area contributed by atoms with Crippen LogP contribution >= 0.6 is 0 Å². The Hall–Kier alpha value is -2.64. The molecule has 0 amide bonds. The predicted octanol–water partition coefficient (Wildman–Crippen LogP) is 1.36. The Balaban J connectivity index is 2.42. The van der Waals surface area contributed by atoms with Gasteiger partial charge in [0.25, 0.3) is 5.69 Å². The molecule has 1 heterocycles. The standard InChI is InChI=1S/C13H17N5O3/c1-3-7-14-12-10(5-4-6-11(12)18(20)21)8-17-13(19)16(2)9-15-17/h4-6,9,14H,3,7-8H2,1-2H3. The lowest BCUT2D eigenvalue weighted by atomic mass is 10.1. The van der Waals surface area contributed by atoms with Crippen LogP contribution in [-0.2, 0) is 13.6 Å². The molecule has 0 aliphatic rings. The Morgan fingerprint density at radius 2 is 2.19 bits per heavy atom. The largest absolute Gasteiger partial charge is 0.379 e. The molecule has 0 saturated heterocycles. The number of anilines is 1. The molecular weight excluding hydrogens is 274 g/mol. The van der Waals surface area contributed by atoms with E-state index in [-0.39, 0.29) is 17.9 Å². The van der Waals surface area contributed by atoms with E-state index in [1.807, 2.05) is 6.92 Å². The van der Waals surface area contributed by atoms with Gasteiger partial charge in [-0.3, -0.25) is 14.7 Å². The fourth-order valence-electron chi connectivity index (χ4n) is 2.02. The summed E-state index contributed by atoms with van der Waals surface area (Å²) in [5.41, 5.74) is 0.855. The number of hydrogen-bond donors (Lipinski definition) is 1. The van der Waals surface area contributed by atoms with Gasteiger partial charge in [0.1, 0.15) is 12.0 Å². The zero-order valence-corrected chi connectivity index (χ0v) is 11.9. The minimum Gasteiger partial charge on any atom is -0.379 e. The number of aryl methyl sites for hydroxylation is 1. The lowest BCUT2D eigenvalue weighted by Crippen LogP contribution is -2.24. The summed E-state index contributed by atoms with van der Waals surface area (Å²) in [4.78, 5) is 22.5. The Labute approximate surface area is 121 Å². The van der Waals surface area contributed by atoms with Gasteiger partial charge in [-0.05, 0) is 6.42 Å². The van der Waals surface area contributed by atoms with Gasteiger partial charge in [0.15, 0.2) is 0 Å². The molecule has 0 fully saturated rings. The molecule has 0 spiro atoms. The van der Waals surface area contributed by atoms with Crippen LogP contribution in [0.5, 0.6) is 0 Å². The second-order valence-corrected chi connectivity index (χ2v) is 4.68. The maximum atomic E-state index is 11.8. The van der Waals surface area contributed by atoms with Crippen molar-refractivity contribution >= 4 is 11.4 Å². The maximum Gasteiger partial charge on any atom is 0.345 e. The number of nitrogens with zero attached hydrogens (tertiary/aromatic N) is 4. The van der Waals surface area contributed by atoms with Crippen molar-refractivity contribution in [2.75, 3.05) is 11.9 Å². The monoisotopic (exact) mass is 291 g/mol. The third kappa shape index (κ3) is 3.10. The summed E-state index contributed by atoms with van der Waals surface area (Å²) in [6, 6.07) is 4.81. The van der Waals surface area contributed by atoms with Gasteiger partial charge in [-0.25, -0.2) is 9.48 Å². The molecule has 0 aliphatic carbocycles. The van der Waals surface area contributed by atoms with E-state index in [0.29, 0.717) is 17.8 Å². The third-order valence-corrected chi connectivity index (χ3v) is 3.08. The molecule has 2 rings (SSSR count). The molecule has 2 aromatic rings. The van der Waals surface area contributed by atoms with Crippen LogP contribution in [0.15, 0.2) is 29.3 Å². The van der Waals surface area contributed by atoms with Crippen molar-refractivity contribution in [1.29, 1.82) is 0 Å². The summed E-state index contributed by atoms with van der Waals surface area (Å²) >= 11 is 0. The smallest absolute Gasteiger partial charge is 0.345 e. The first kappa shape index (κ1) is 14.8. The van der Waals surface area contributed by atoms with E-state index >= 15 is 0 Å². The van der Waals surface area contributed by atoms with Crippen LogP contribution in [0.4, 0.5) is 11.4 Å². The van der Waals surface area contributed by atoms with Crippen molar-refractivity contribution in [3.8, 4) is 0 Å². The van der Waals surface area contributed by atoms with Crippen molar-refractivity contribution in [1.82, 2.24) is 14.3 Å². The molecular formula is C13H17N5O3. The number of rotatable bonds is 6. The van der Waals surface area contributed by atoms with E-state index in [0.717, 1.165) is 6.42 Å². The van der Waals surface area contributed by atoms with Crippen LogP contribution in [0, 0.1) is 10.1 Å². The topological polar surface area (TPSA) is 95.0 Å². The minimum atomic E-state index is -0.428. The Bertz CT molecular complexity index is 704. The zero-order valence-electron chi connectivity index (χ0n) is 11.9. The highest BCUT2D eigenvalue weighted by atomic mass is 16.6. The number of aromatic nitrogens is 3. The summed E-state index contributed by atoms with van der Waals surface area (Å²) in [5, 5.41) is 18.2. The molecule has 1 aromatic carbocycles. The molecule has 0 bridgehead atoms. The summed E-state index contributed by atoms with van der Waals surface area (Å²) in [6.07, 6.45) is 2.26. The predicted molar refractivity (Wildman–Crippen MR) is 78.4 cm³/mol. The molecule has 8 heteroatoms. The third-order valence-electron chi connectivity index (χ3n) is 3.08. The number of hydrogen-bond acceptors (Lipinski definition) is 5. The van der Waals surface area contributed by atoms with E-state index in [9.17, 15) is 14.9 Å². The van der Waals surface area contributed by atoms with Gasteiger partial charge in [0, 0.05) is 25.2 Å². The lowest BCUT2D eigenvalue weighted by molar-refractivity contribution is -0.384. The van der Waals surface area contributed by atoms with Gasteiger partial charge in [-0.15, -0.1) is 0 Å². The van der Waals surface area contributed by atoms with Crippen molar-refractivity contribution in [3.63, 3.8) is 0 Å². The van der Waals surface area contributed by atoms with Gasteiger partial charge in [-0.1, -0.05) is 19.1 Å². The SMILES string of the molecule is CCCNc1c(Cn2ncn(C)c2=O)cccc1[N+](=O)[O-]. The van der Waals surface area contributed by atoms with Crippen LogP contribution in [0.2, 0.25) is 0 Å². The van der Waals surface area contributed by atoms with Gasteiger partial charge in [-0.2, -0.15) is 5.10 Å². The quantitative estimate of drug-likeness (QED) is 0.640. The van der Waals surface area contributed by atoms with Crippen LogP contribution < -0.4 is 11.0 Å². The Morgan fingerprint density at radius 1 is 1.43 bits per heavy atom. The average molecular weight is 291 g/mol. The highest BCUT2D eigenvalue weighted by molar-refractivity contribution is 5.66. The Kier molecular flexibility index (Phi) is 4.36. The lowest BCUT2D eigenvalue weighted by Gasteiger charge is -2.11. The first-order valence-electron chi connectivity index (χ1n) is 6.63. The molecule has 0 atom stereocenters. The zero-order chi connectivity index (χ0) is 15.4. The number of nitrogens with one attached hydrogen (secondary N) is 1. The normalized spacial score (nSPS) is 10.6. The second-order valence-electron chi connectivity index (χ2n) is 4.68. The Morgan fingerprint density at radius 3 is 2.76 bits per heavy atom. The van der Waals surface area contributed by atoms with Crippen LogP contribution in [-0.4, -0.2) is 25.8 Å². The van der Waals surface area contributed by atoms with Crippen molar-refractivity contribution in [2.24, 2.45) is 7.05 Å². The van der Waals surface area contributed by atoms with E-state index in [4.69, 9.17) is 0 Å². The summed E-state index contributed by atoms with van der Waals surface area (Å²) in [7, 11) is 1.61. The number of nitro groups is 1. The molecule has 0 radical (unpaired) electrons. The number of nitro benzene ring substituents is 1. The molecule has 0 saturated carbocycles. The van der Waals surface area contributed by atoms with E-state index in [1.165, 1.54) is 21.6 Å². The highest BCUT2D eigenvalue weighted by Crippen LogP contribution is 2.28. The highest BCUT2D eigenvalue weighted by Gasteiger charge is 2.18. The molecule has 1 N–H and O–H groups in total. The van der Waals surface area contributed by atoms with Gasteiger partial charge >= 0.3 is 5.69 Å². The summed E-state index contributed by atoms with van der Waals surface area (Å²) < 4.78 is 2.63.